The van der Waals surface area contributed by atoms with Crippen LogP contribution in [0.5, 0.6) is 0 Å². The Morgan fingerprint density at radius 3 is 2.07 bits per heavy atom. The smallest absolute Gasteiger partial charge is 0.325 e. The van der Waals surface area contributed by atoms with Crippen LogP contribution < -0.4 is 5.32 Å². The Morgan fingerprint density at radius 2 is 1.54 bits per heavy atom. The van der Waals surface area contributed by atoms with Crippen LogP contribution in [0.15, 0.2) is 0 Å². The lowest BCUT2D eigenvalue weighted by Gasteiger charge is -2.55. The average Bonchev–Trinajstić information content (AvgIpc) is 2.62. The fraction of sp³-hybridized carbons (Fsp3) is 0.857. The molecule has 2 amide bonds. The first-order valence-electron chi connectivity index (χ1n) is 10.7. The van der Waals surface area contributed by atoms with Crippen molar-refractivity contribution < 1.29 is 23.9 Å². The predicted molar refractivity (Wildman–Crippen MR) is 101 cm³/mol. The number of nitrogens with one attached hydrogen (secondary N) is 1. The van der Waals surface area contributed by atoms with Gasteiger partial charge in [-0.2, -0.15) is 0 Å². The molecule has 5 fully saturated rings. The van der Waals surface area contributed by atoms with E-state index >= 15 is 0 Å². The molecule has 5 rings (SSSR count). The van der Waals surface area contributed by atoms with E-state index in [1.54, 1.807) is 4.90 Å². The molecule has 0 spiro atoms. The van der Waals surface area contributed by atoms with Gasteiger partial charge in [0.1, 0.15) is 6.54 Å². The Kier molecular flexibility index (Phi) is 5.38. The third kappa shape index (κ3) is 4.04. The minimum absolute atomic E-state index is 0.00528. The number of ether oxygens (including phenoxy) is 2. The molecule has 2 atom stereocenters. The topological polar surface area (TPSA) is 84.9 Å². The first-order chi connectivity index (χ1) is 13.3. The third-order valence-corrected chi connectivity index (χ3v) is 7.04. The fourth-order valence-electron chi connectivity index (χ4n) is 6.39. The molecule has 5 aliphatic rings. The van der Waals surface area contributed by atoms with Crippen molar-refractivity contribution >= 4 is 17.8 Å². The van der Waals surface area contributed by atoms with Gasteiger partial charge in [0.25, 0.3) is 5.91 Å². The molecule has 1 heterocycles. The number of nitrogens with zero attached hydrogens (tertiary/aromatic N) is 1. The summed E-state index contributed by atoms with van der Waals surface area (Å²) in [4.78, 5) is 38.8. The van der Waals surface area contributed by atoms with Gasteiger partial charge in [-0.3, -0.25) is 14.4 Å². The van der Waals surface area contributed by atoms with E-state index in [0.717, 1.165) is 19.3 Å². The van der Waals surface area contributed by atoms with Gasteiger partial charge >= 0.3 is 5.97 Å². The van der Waals surface area contributed by atoms with Gasteiger partial charge < -0.3 is 19.7 Å². The van der Waals surface area contributed by atoms with Crippen LogP contribution in [0.3, 0.4) is 0 Å². The standard InChI is InChI=1S/C21H32N2O5/c1-13-10-23(11-14(2)28-13)18(24)12-27-19(25)9-22-20(26)21-6-15-3-16(7-21)5-17(4-15)8-21/h13-17H,3-12H2,1-2H3,(H,22,26)/t13-,14-,15?,16?,17?,21?/m1/s1. The molecule has 4 aliphatic carbocycles. The highest BCUT2D eigenvalue weighted by molar-refractivity contribution is 5.87. The lowest BCUT2D eigenvalue weighted by Crippen LogP contribution is -2.54. The normalized spacial score (nSPS) is 38.9. The molecule has 0 radical (unpaired) electrons. The zero-order valence-corrected chi connectivity index (χ0v) is 16.9. The molecule has 1 aliphatic heterocycles. The molecule has 156 valence electrons. The fourth-order valence-corrected chi connectivity index (χ4v) is 6.39. The quantitative estimate of drug-likeness (QED) is 0.717. The summed E-state index contributed by atoms with van der Waals surface area (Å²) in [7, 11) is 0. The van der Waals surface area contributed by atoms with E-state index in [4.69, 9.17) is 9.47 Å². The summed E-state index contributed by atoms with van der Waals surface area (Å²) in [5.74, 6) is 1.27. The van der Waals surface area contributed by atoms with E-state index in [1.165, 1.54) is 19.3 Å². The van der Waals surface area contributed by atoms with Crippen molar-refractivity contribution in [2.75, 3.05) is 26.2 Å². The lowest BCUT2D eigenvalue weighted by atomic mass is 9.49. The van der Waals surface area contributed by atoms with E-state index in [9.17, 15) is 14.4 Å². The highest BCUT2D eigenvalue weighted by atomic mass is 16.5. The number of esters is 1. The molecule has 1 N–H and O–H groups in total. The molecule has 0 aromatic heterocycles. The summed E-state index contributed by atoms with van der Waals surface area (Å²) in [6.45, 7) is 4.39. The van der Waals surface area contributed by atoms with Gasteiger partial charge in [-0.1, -0.05) is 0 Å². The summed E-state index contributed by atoms with van der Waals surface area (Å²) in [5.41, 5.74) is -0.273. The van der Waals surface area contributed by atoms with Gasteiger partial charge in [-0.25, -0.2) is 0 Å². The summed E-state index contributed by atoms with van der Waals surface area (Å²) in [6.07, 6.45) is 6.66. The largest absolute Gasteiger partial charge is 0.454 e. The average molecular weight is 392 g/mol. The first kappa shape index (κ1) is 19.7. The van der Waals surface area contributed by atoms with Crippen LogP contribution in [0.1, 0.15) is 52.4 Å². The number of hydrogen-bond acceptors (Lipinski definition) is 5. The molecule has 4 saturated carbocycles. The predicted octanol–water partition coefficient (Wildman–Crippen LogP) is 1.50. The third-order valence-electron chi connectivity index (χ3n) is 7.04. The van der Waals surface area contributed by atoms with Gasteiger partial charge in [0.05, 0.1) is 12.2 Å². The van der Waals surface area contributed by atoms with E-state index in [1.807, 2.05) is 13.8 Å². The van der Waals surface area contributed by atoms with Crippen LogP contribution in [0, 0.1) is 23.2 Å². The van der Waals surface area contributed by atoms with Gasteiger partial charge in [-0.15, -0.1) is 0 Å². The van der Waals surface area contributed by atoms with Crippen molar-refractivity contribution in [3.05, 3.63) is 0 Å². The van der Waals surface area contributed by atoms with E-state index in [2.05, 4.69) is 5.32 Å². The SMILES string of the molecule is C[C@@H]1CN(C(=O)COC(=O)CNC(=O)C23CC4CC(CC(C4)C2)C3)C[C@@H](C)O1. The maximum Gasteiger partial charge on any atom is 0.325 e. The second-order valence-electron chi connectivity index (χ2n) is 9.60. The molecule has 4 bridgehead atoms. The highest BCUT2D eigenvalue weighted by Crippen LogP contribution is 2.60. The van der Waals surface area contributed by atoms with Gasteiger partial charge in [-0.05, 0) is 70.1 Å². The van der Waals surface area contributed by atoms with Gasteiger partial charge in [0, 0.05) is 18.5 Å². The molecular formula is C21H32N2O5. The summed E-state index contributed by atoms with van der Waals surface area (Å²) >= 11 is 0. The van der Waals surface area contributed by atoms with Crippen LogP contribution in [-0.2, 0) is 23.9 Å². The summed E-state index contributed by atoms with van der Waals surface area (Å²) in [5, 5.41) is 2.80. The molecule has 7 nitrogen and oxygen atoms in total. The Morgan fingerprint density at radius 1 is 1.00 bits per heavy atom. The first-order valence-corrected chi connectivity index (χ1v) is 10.7. The van der Waals surface area contributed by atoms with E-state index in [0.29, 0.717) is 30.8 Å². The number of hydrogen-bond donors (Lipinski definition) is 1. The number of rotatable bonds is 5. The van der Waals surface area contributed by atoms with Crippen molar-refractivity contribution in [3.63, 3.8) is 0 Å². The molecule has 0 unspecified atom stereocenters. The van der Waals surface area contributed by atoms with Crippen molar-refractivity contribution in [2.24, 2.45) is 23.2 Å². The summed E-state index contributed by atoms with van der Waals surface area (Å²) < 4.78 is 10.7. The zero-order valence-electron chi connectivity index (χ0n) is 16.9. The Balaban J connectivity index is 1.21. The van der Waals surface area contributed by atoms with Gasteiger partial charge in [0.2, 0.25) is 5.91 Å². The lowest BCUT2D eigenvalue weighted by molar-refractivity contribution is -0.158. The van der Waals surface area contributed by atoms with Crippen molar-refractivity contribution in [1.29, 1.82) is 0 Å². The Bertz CT molecular complexity index is 603. The second-order valence-corrected chi connectivity index (χ2v) is 9.60. The van der Waals surface area contributed by atoms with Crippen LogP contribution >= 0.6 is 0 Å². The number of amides is 2. The molecule has 1 saturated heterocycles. The molecule has 0 aromatic rings. The molecular weight excluding hydrogens is 360 g/mol. The molecule has 0 aromatic carbocycles. The minimum Gasteiger partial charge on any atom is -0.454 e. The maximum atomic E-state index is 12.9. The van der Waals surface area contributed by atoms with E-state index < -0.39 is 5.97 Å². The van der Waals surface area contributed by atoms with E-state index in [-0.39, 0.29) is 42.6 Å². The van der Waals surface area contributed by atoms with Crippen molar-refractivity contribution in [3.8, 4) is 0 Å². The van der Waals surface area contributed by atoms with Crippen LogP contribution in [0.2, 0.25) is 0 Å². The maximum absolute atomic E-state index is 12.9. The summed E-state index contributed by atoms with van der Waals surface area (Å²) in [6, 6.07) is 0. The number of morpholine rings is 1. The van der Waals surface area contributed by atoms with Crippen molar-refractivity contribution in [2.45, 2.75) is 64.6 Å². The van der Waals surface area contributed by atoms with Crippen molar-refractivity contribution in [1.82, 2.24) is 10.2 Å². The van der Waals surface area contributed by atoms with Gasteiger partial charge in [0.15, 0.2) is 6.61 Å². The Labute approximate surface area is 166 Å². The van der Waals surface area contributed by atoms with Crippen LogP contribution in [0.25, 0.3) is 0 Å². The molecule has 7 heteroatoms. The number of carbonyl (C=O) groups excluding carboxylic acids is 3. The second kappa shape index (κ2) is 7.65. The monoisotopic (exact) mass is 392 g/mol. The zero-order chi connectivity index (χ0) is 19.9. The number of carbonyl (C=O) groups is 3. The van der Waals surface area contributed by atoms with Crippen LogP contribution in [0.4, 0.5) is 0 Å². The highest BCUT2D eigenvalue weighted by Gasteiger charge is 2.54. The Hall–Kier alpha value is -1.63. The minimum atomic E-state index is -0.555. The van der Waals surface area contributed by atoms with Crippen LogP contribution in [-0.4, -0.2) is 61.1 Å². The molecule has 28 heavy (non-hydrogen) atoms.